The first kappa shape index (κ1) is 36.3. The Bertz CT molecular complexity index is 3250. The van der Waals surface area contributed by atoms with Gasteiger partial charge in [-0.3, -0.25) is 0 Å². The van der Waals surface area contributed by atoms with Crippen LogP contribution in [0.15, 0.2) is 224 Å². The highest BCUT2D eigenvalue weighted by atomic mass is 15.2. The van der Waals surface area contributed by atoms with Gasteiger partial charge in [0.05, 0.1) is 0 Å². The molecule has 0 radical (unpaired) electrons. The summed E-state index contributed by atoms with van der Waals surface area (Å²) in [6.07, 6.45) is 0. The molecule has 0 saturated carbocycles. The fourth-order valence-electron chi connectivity index (χ4n) is 10.6. The number of nitrogens with zero attached hydrogens (tertiary/aromatic N) is 2. The van der Waals surface area contributed by atoms with Gasteiger partial charge in [-0.2, -0.15) is 0 Å². The standard InChI is InChI=1S/C59H43BN2/c1-59(2,42-23-9-4-10-24-42)43-35-36-53-51(39-43)60-50-33-19-20-34-52(50)61(44-25-11-5-12-26-44)54-37-41(38-55(58(54)60)62(53)45-27-13-6-14-28-45)57-48-31-17-15-29-46(48)56(40-21-7-3-8-22-40)47-30-16-18-32-49(47)57/h3-39H,1-2H3. The lowest BCUT2D eigenvalue weighted by Crippen LogP contribution is -2.61. The molecular formula is C59H43BN2. The summed E-state index contributed by atoms with van der Waals surface area (Å²) in [4.78, 5) is 5.05. The maximum atomic E-state index is 2.54. The molecule has 0 saturated heterocycles. The molecule has 0 aliphatic carbocycles. The summed E-state index contributed by atoms with van der Waals surface area (Å²) in [6, 6.07) is 83.1. The van der Waals surface area contributed by atoms with Crippen LogP contribution in [-0.4, -0.2) is 6.71 Å². The topological polar surface area (TPSA) is 6.48 Å². The van der Waals surface area contributed by atoms with Crippen molar-refractivity contribution in [2.75, 3.05) is 9.80 Å². The molecule has 0 unspecified atom stereocenters. The summed E-state index contributed by atoms with van der Waals surface area (Å²) >= 11 is 0. The van der Waals surface area contributed by atoms with E-state index in [0.717, 1.165) is 11.4 Å². The first-order chi connectivity index (χ1) is 30.6. The number of hydrogen-bond donors (Lipinski definition) is 0. The van der Waals surface area contributed by atoms with Gasteiger partial charge >= 0.3 is 0 Å². The van der Waals surface area contributed by atoms with E-state index in [4.69, 9.17) is 0 Å². The SMILES string of the molecule is CC(C)(c1ccccc1)c1ccc2c(c1)B1c3ccccc3N(c3ccccc3)c3cc(-c4c5ccccc5c(-c5ccccc5)c5ccccc45)cc(c31)N2c1ccccc1. The molecule has 2 aliphatic rings. The summed E-state index contributed by atoms with van der Waals surface area (Å²) in [7, 11) is 0. The number of rotatable bonds is 6. The summed E-state index contributed by atoms with van der Waals surface area (Å²) in [6.45, 7) is 4.72. The van der Waals surface area contributed by atoms with Gasteiger partial charge in [-0.05, 0) is 120 Å². The molecule has 2 aliphatic heterocycles. The van der Waals surface area contributed by atoms with Crippen LogP contribution in [0, 0.1) is 0 Å². The van der Waals surface area contributed by atoms with Gasteiger partial charge in [0.1, 0.15) is 0 Å². The van der Waals surface area contributed by atoms with Crippen molar-refractivity contribution in [3.8, 4) is 22.3 Å². The summed E-state index contributed by atoms with van der Waals surface area (Å²) in [5.74, 6) is 0. The lowest BCUT2D eigenvalue weighted by atomic mass is 9.33. The Kier molecular flexibility index (Phi) is 8.33. The van der Waals surface area contributed by atoms with Crippen molar-refractivity contribution < 1.29 is 0 Å². The van der Waals surface area contributed by atoms with E-state index in [1.54, 1.807) is 0 Å². The van der Waals surface area contributed by atoms with Gasteiger partial charge in [-0.1, -0.05) is 190 Å². The first-order valence-electron chi connectivity index (χ1n) is 21.7. The summed E-state index contributed by atoms with van der Waals surface area (Å²) in [5, 5.41) is 4.99. The van der Waals surface area contributed by atoms with Crippen LogP contribution in [0.3, 0.4) is 0 Å². The third-order valence-electron chi connectivity index (χ3n) is 13.5. The van der Waals surface area contributed by atoms with Gasteiger partial charge in [0.25, 0.3) is 6.71 Å². The number of benzene rings is 10. The second-order valence-corrected chi connectivity index (χ2v) is 17.2. The minimum atomic E-state index is -0.209. The Labute approximate surface area is 364 Å². The van der Waals surface area contributed by atoms with Crippen molar-refractivity contribution >= 4 is 78.8 Å². The third-order valence-corrected chi connectivity index (χ3v) is 13.5. The van der Waals surface area contributed by atoms with Crippen LogP contribution in [-0.2, 0) is 5.41 Å². The maximum Gasteiger partial charge on any atom is 0.252 e. The van der Waals surface area contributed by atoms with E-state index >= 15 is 0 Å². The van der Waals surface area contributed by atoms with Gasteiger partial charge in [0, 0.05) is 39.5 Å². The van der Waals surface area contributed by atoms with Crippen molar-refractivity contribution in [2.24, 2.45) is 0 Å². The molecule has 0 atom stereocenters. The van der Waals surface area contributed by atoms with Gasteiger partial charge in [-0.15, -0.1) is 0 Å². The molecule has 10 aromatic carbocycles. The summed E-state index contributed by atoms with van der Waals surface area (Å²) < 4.78 is 0. The highest BCUT2D eigenvalue weighted by Gasteiger charge is 2.44. The lowest BCUT2D eigenvalue weighted by molar-refractivity contribution is 0.641. The first-order valence-corrected chi connectivity index (χ1v) is 21.7. The van der Waals surface area contributed by atoms with Crippen molar-refractivity contribution in [3.63, 3.8) is 0 Å². The largest absolute Gasteiger partial charge is 0.311 e. The van der Waals surface area contributed by atoms with Crippen LogP contribution in [0.5, 0.6) is 0 Å². The van der Waals surface area contributed by atoms with Crippen LogP contribution < -0.4 is 26.2 Å². The predicted molar refractivity (Wildman–Crippen MR) is 265 cm³/mol. The third kappa shape index (κ3) is 5.51. The molecule has 2 nitrogen and oxygen atoms in total. The average molecular weight is 791 g/mol. The Morgan fingerprint density at radius 1 is 0.339 bits per heavy atom. The second kappa shape index (κ2) is 14.3. The predicted octanol–water partition coefficient (Wildman–Crippen LogP) is 13.7. The van der Waals surface area contributed by atoms with Crippen LogP contribution in [0.1, 0.15) is 25.0 Å². The van der Waals surface area contributed by atoms with Crippen molar-refractivity contribution in [1.82, 2.24) is 0 Å². The van der Waals surface area contributed by atoms with Gasteiger partial charge in [-0.25, -0.2) is 0 Å². The minimum Gasteiger partial charge on any atom is -0.311 e. The summed E-state index contributed by atoms with van der Waals surface area (Å²) in [5.41, 5.74) is 18.4. The molecule has 0 bridgehead atoms. The number of fused-ring (bicyclic) bond motifs is 6. The second-order valence-electron chi connectivity index (χ2n) is 17.2. The van der Waals surface area contributed by atoms with E-state index in [9.17, 15) is 0 Å². The molecule has 10 aromatic rings. The van der Waals surface area contributed by atoms with Crippen LogP contribution in [0.2, 0.25) is 0 Å². The van der Waals surface area contributed by atoms with Gasteiger partial charge < -0.3 is 9.80 Å². The molecule has 2 heterocycles. The molecule has 12 rings (SSSR count). The van der Waals surface area contributed by atoms with E-state index in [0.29, 0.717) is 0 Å². The van der Waals surface area contributed by atoms with E-state index < -0.39 is 0 Å². The van der Waals surface area contributed by atoms with E-state index in [1.807, 2.05) is 0 Å². The molecule has 0 fully saturated rings. The number of para-hydroxylation sites is 3. The fraction of sp³-hybridized carbons (Fsp3) is 0.0508. The molecule has 0 spiro atoms. The van der Waals surface area contributed by atoms with Crippen LogP contribution in [0.4, 0.5) is 34.1 Å². The fourth-order valence-corrected chi connectivity index (χ4v) is 10.6. The van der Waals surface area contributed by atoms with E-state index in [2.05, 4.69) is 248 Å². The Balaban J connectivity index is 1.21. The normalized spacial score (nSPS) is 12.9. The average Bonchev–Trinajstić information content (AvgIpc) is 3.33. The zero-order chi connectivity index (χ0) is 41.4. The quantitative estimate of drug-likeness (QED) is 0.122. The molecule has 292 valence electrons. The zero-order valence-corrected chi connectivity index (χ0v) is 34.8. The van der Waals surface area contributed by atoms with E-state index in [-0.39, 0.29) is 12.1 Å². The Morgan fingerprint density at radius 3 is 1.32 bits per heavy atom. The van der Waals surface area contributed by atoms with Gasteiger partial charge in [0.15, 0.2) is 0 Å². The molecule has 0 aromatic heterocycles. The minimum absolute atomic E-state index is 0.000595. The molecular weight excluding hydrogens is 747 g/mol. The van der Waals surface area contributed by atoms with Crippen molar-refractivity contribution in [2.45, 2.75) is 19.3 Å². The smallest absolute Gasteiger partial charge is 0.252 e. The lowest BCUT2D eigenvalue weighted by Gasteiger charge is -2.45. The van der Waals surface area contributed by atoms with Crippen molar-refractivity contribution in [1.29, 1.82) is 0 Å². The number of hydrogen-bond acceptors (Lipinski definition) is 2. The highest BCUT2D eigenvalue weighted by molar-refractivity contribution is 7.00. The number of anilines is 6. The Morgan fingerprint density at radius 2 is 0.774 bits per heavy atom. The molecule has 0 N–H and O–H groups in total. The van der Waals surface area contributed by atoms with Crippen LogP contribution >= 0.6 is 0 Å². The monoisotopic (exact) mass is 790 g/mol. The van der Waals surface area contributed by atoms with Gasteiger partial charge in [0.2, 0.25) is 0 Å². The van der Waals surface area contributed by atoms with Crippen molar-refractivity contribution in [3.05, 3.63) is 236 Å². The molecule has 3 heteroatoms. The zero-order valence-electron chi connectivity index (χ0n) is 34.8. The Hall–Kier alpha value is -7.62. The van der Waals surface area contributed by atoms with E-state index in [1.165, 1.54) is 94.1 Å². The highest BCUT2D eigenvalue weighted by Crippen LogP contribution is 2.50. The molecule has 62 heavy (non-hydrogen) atoms. The maximum absolute atomic E-state index is 2.54. The van der Waals surface area contributed by atoms with Crippen LogP contribution in [0.25, 0.3) is 43.8 Å². The molecule has 0 amide bonds.